The molecule has 0 spiro atoms. The molecule has 0 atom stereocenters. The second-order valence-electron chi connectivity index (χ2n) is 3.92. The van der Waals surface area contributed by atoms with Crippen molar-refractivity contribution in [3.8, 4) is 11.4 Å². The molecule has 3 N–H and O–H groups in total. The summed E-state index contributed by atoms with van der Waals surface area (Å²) in [5.41, 5.74) is 3.21. The highest BCUT2D eigenvalue weighted by Gasteiger charge is 2.02. The second kappa shape index (κ2) is 5.83. The molecule has 0 fully saturated rings. The first-order valence-corrected chi connectivity index (χ1v) is 7.03. The predicted octanol–water partition coefficient (Wildman–Crippen LogP) is 2.58. The van der Waals surface area contributed by atoms with Crippen molar-refractivity contribution in [2.75, 3.05) is 0 Å². The molecule has 0 aliphatic heterocycles. The Hall–Kier alpha value is -2.22. The van der Waals surface area contributed by atoms with Crippen molar-refractivity contribution >= 4 is 21.4 Å². The smallest absolute Gasteiger partial charge is 0.338 e. The average Bonchev–Trinajstić information content (AvgIpc) is 2.81. The number of H-pyrrole nitrogens is 1. The zero-order chi connectivity index (χ0) is 14.6. The SMILES string of the molecule is O=S(=O)(O)O.c1ccc(-c2nc3ccccc3[nH]2)cc1. The molecule has 0 saturated heterocycles. The second-order valence-corrected chi connectivity index (χ2v) is 4.81. The van der Waals surface area contributed by atoms with Gasteiger partial charge in [0.2, 0.25) is 0 Å². The maximum Gasteiger partial charge on any atom is 0.394 e. The number of fused-ring (bicyclic) bond motifs is 1. The van der Waals surface area contributed by atoms with Crippen LogP contribution in [0.3, 0.4) is 0 Å². The Morgan fingerprint density at radius 3 is 2.05 bits per heavy atom. The van der Waals surface area contributed by atoms with E-state index in [-0.39, 0.29) is 0 Å². The third-order valence-electron chi connectivity index (χ3n) is 2.44. The molecule has 7 heteroatoms. The number of benzene rings is 2. The maximum absolute atomic E-state index is 8.74. The number of nitrogens with one attached hydrogen (secondary N) is 1. The van der Waals surface area contributed by atoms with Crippen molar-refractivity contribution in [2.45, 2.75) is 0 Å². The normalized spacial score (nSPS) is 10.9. The van der Waals surface area contributed by atoms with E-state index in [1.165, 1.54) is 0 Å². The summed E-state index contributed by atoms with van der Waals surface area (Å²) in [6.07, 6.45) is 0. The van der Waals surface area contributed by atoms with Crippen LogP contribution in [0.15, 0.2) is 54.6 Å². The summed E-state index contributed by atoms with van der Waals surface area (Å²) in [7, 11) is -4.67. The van der Waals surface area contributed by atoms with Gasteiger partial charge in [0, 0.05) is 5.56 Å². The van der Waals surface area contributed by atoms with Crippen molar-refractivity contribution in [1.29, 1.82) is 0 Å². The van der Waals surface area contributed by atoms with Crippen LogP contribution < -0.4 is 0 Å². The van der Waals surface area contributed by atoms with E-state index in [4.69, 9.17) is 17.5 Å². The Kier molecular flexibility index (Phi) is 4.14. The lowest BCUT2D eigenvalue weighted by atomic mass is 10.2. The van der Waals surface area contributed by atoms with E-state index in [2.05, 4.69) is 22.1 Å². The van der Waals surface area contributed by atoms with Crippen LogP contribution in [0.5, 0.6) is 0 Å². The standard InChI is InChI=1S/C13H10N2.H2O4S/c1-2-6-10(7-3-1)13-14-11-8-4-5-9-12(11)15-13;1-5(2,3)4/h1-9H,(H,14,15);(H2,1,2,3,4). The van der Waals surface area contributed by atoms with Gasteiger partial charge in [0.15, 0.2) is 0 Å². The monoisotopic (exact) mass is 292 g/mol. The first-order chi connectivity index (χ1) is 9.43. The molecule has 0 bridgehead atoms. The zero-order valence-electron chi connectivity index (χ0n) is 10.3. The molecule has 0 aliphatic rings. The Morgan fingerprint density at radius 2 is 1.45 bits per heavy atom. The van der Waals surface area contributed by atoms with Gasteiger partial charge in [-0.25, -0.2) is 4.98 Å². The van der Waals surface area contributed by atoms with Crippen LogP contribution in [0, 0.1) is 0 Å². The summed E-state index contributed by atoms with van der Waals surface area (Å²) in [6, 6.07) is 18.2. The van der Waals surface area contributed by atoms with Crippen LogP contribution in [-0.4, -0.2) is 27.5 Å². The largest absolute Gasteiger partial charge is 0.394 e. The highest BCUT2D eigenvalue weighted by Crippen LogP contribution is 2.19. The average molecular weight is 292 g/mol. The molecule has 1 heterocycles. The molecule has 1 aromatic heterocycles. The number of hydrogen-bond acceptors (Lipinski definition) is 3. The summed E-state index contributed by atoms with van der Waals surface area (Å²) < 4.78 is 31.6. The van der Waals surface area contributed by atoms with E-state index in [0.717, 1.165) is 22.4 Å². The van der Waals surface area contributed by atoms with Gasteiger partial charge in [-0.05, 0) is 12.1 Å². The van der Waals surface area contributed by atoms with Gasteiger partial charge in [0.25, 0.3) is 0 Å². The van der Waals surface area contributed by atoms with Gasteiger partial charge in [-0.2, -0.15) is 8.42 Å². The van der Waals surface area contributed by atoms with Crippen molar-refractivity contribution in [1.82, 2.24) is 9.97 Å². The molecule has 0 saturated carbocycles. The number of aromatic amines is 1. The van der Waals surface area contributed by atoms with Crippen molar-refractivity contribution < 1.29 is 17.5 Å². The van der Waals surface area contributed by atoms with Gasteiger partial charge in [-0.1, -0.05) is 42.5 Å². The molecule has 0 aliphatic carbocycles. The fraction of sp³-hybridized carbons (Fsp3) is 0. The molecule has 6 nitrogen and oxygen atoms in total. The highest BCUT2D eigenvalue weighted by molar-refractivity contribution is 7.79. The van der Waals surface area contributed by atoms with Crippen molar-refractivity contribution in [2.24, 2.45) is 0 Å². The molecule has 0 amide bonds. The molecule has 3 aromatic rings. The quantitative estimate of drug-likeness (QED) is 0.598. The minimum absolute atomic E-state index is 0.928. The fourth-order valence-corrected chi connectivity index (χ4v) is 1.69. The Bertz CT molecular complexity index is 756. The number of nitrogens with zero attached hydrogens (tertiary/aromatic N) is 1. The third-order valence-corrected chi connectivity index (χ3v) is 2.44. The van der Waals surface area contributed by atoms with Gasteiger partial charge >= 0.3 is 10.4 Å². The third kappa shape index (κ3) is 4.16. The minimum atomic E-state index is -4.67. The van der Waals surface area contributed by atoms with Gasteiger partial charge in [0.05, 0.1) is 11.0 Å². The lowest BCUT2D eigenvalue weighted by molar-refractivity contribution is 0.381. The Balaban J connectivity index is 0.000000257. The summed E-state index contributed by atoms with van der Waals surface area (Å²) >= 11 is 0. The van der Waals surface area contributed by atoms with Crippen LogP contribution in [0.25, 0.3) is 22.4 Å². The van der Waals surface area contributed by atoms with E-state index >= 15 is 0 Å². The van der Waals surface area contributed by atoms with E-state index < -0.39 is 10.4 Å². The number of aromatic nitrogens is 2. The fourth-order valence-electron chi connectivity index (χ4n) is 1.69. The summed E-state index contributed by atoms with van der Waals surface area (Å²) in [5, 5.41) is 0. The Morgan fingerprint density at radius 1 is 0.900 bits per heavy atom. The summed E-state index contributed by atoms with van der Waals surface area (Å²) in [4.78, 5) is 7.83. The van der Waals surface area contributed by atoms with Crippen molar-refractivity contribution in [3.05, 3.63) is 54.6 Å². The van der Waals surface area contributed by atoms with Crippen LogP contribution in [0.4, 0.5) is 0 Å². The summed E-state index contributed by atoms with van der Waals surface area (Å²) in [5.74, 6) is 0.928. The van der Waals surface area contributed by atoms with Crippen molar-refractivity contribution in [3.63, 3.8) is 0 Å². The lowest BCUT2D eigenvalue weighted by Gasteiger charge is -1.93. The predicted molar refractivity (Wildman–Crippen MR) is 75.7 cm³/mol. The minimum Gasteiger partial charge on any atom is -0.338 e. The van der Waals surface area contributed by atoms with Gasteiger partial charge in [-0.15, -0.1) is 0 Å². The molecule has 0 radical (unpaired) electrons. The van der Waals surface area contributed by atoms with Crippen LogP contribution in [-0.2, 0) is 10.4 Å². The zero-order valence-corrected chi connectivity index (χ0v) is 11.1. The highest BCUT2D eigenvalue weighted by atomic mass is 32.3. The van der Waals surface area contributed by atoms with Gasteiger partial charge in [-0.3, -0.25) is 9.11 Å². The number of para-hydroxylation sites is 2. The van der Waals surface area contributed by atoms with Crippen LogP contribution in [0.2, 0.25) is 0 Å². The number of rotatable bonds is 1. The Labute approximate surface area is 115 Å². The molecular weight excluding hydrogens is 280 g/mol. The van der Waals surface area contributed by atoms with E-state index in [0.29, 0.717) is 0 Å². The first-order valence-electron chi connectivity index (χ1n) is 5.63. The number of hydrogen-bond donors (Lipinski definition) is 3. The topological polar surface area (TPSA) is 103 Å². The lowest BCUT2D eigenvalue weighted by Crippen LogP contribution is -1.89. The molecule has 3 rings (SSSR count). The summed E-state index contributed by atoms with van der Waals surface area (Å²) in [6.45, 7) is 0. The van der Waals surface area contributed by atoms with Gasteiger partial charge < -0.3 is 4.98 Å². The molecule has 2 aromatic carbocycles. The van der Waals surface area contributed by atoms with E-state index in [1.807, 2.05) is 42.5 Å². The molecule has 20 heavy (non-hydrogen) atoms. The molecule has 104 valence electrons. The van der Waals surface area contributed by atoms with Crippen LogP contribution >= 0.6 is 0 Å². The van der Waals surface area contributed by atoms with E-state index in [1.54, 1.807) is 0 Å². The molecule has 0 unspecified atom stereocenters. The van der Waals surface area contributed by atoms with E-state index in [9.17, 15) is 0 Å². The van der Waals surface area contributed by atoms with Gasteiger partial charge in [0.1, 0.15) is 5.82 Å². The molecular formula is C13H12N2O4S. The number of imidazole rings is 1. The van der Waals surface area contributed by atoms with Crippen LogP contribution in [0.1, 0.15) is 0 Å². The maximum atomic E-state index is 8.74. The first kappa shape index (κ1) is 14.2.